The maximum absolute atomic E-state index is 13.3. The number of carbonyl (C=O) groups excluding carboxylic acids is 1. The van der Waals surface area contributed by atoms with Gasteiger partial charge in [-0.3, -0.25) is 9.48 Å². The summed E-state index contributed by atoms with van der Waals surface area (Å²) in [4.78, 5) is 32.5. The topological polar surface area (TPSA) is 122 Å². The van der Waals surface area contributed by atoms with E-state index in [1.165, 1.54) is 11.8 Å². The van der Waals surface area contributed by atoms with Crippen molar-refractivity contribution in [1.82, 2.24) is 25.0 Å². The zero-order valence-electron chi connectivity index (χ0n) is 23.3. The Balaban J connectivity index is 1.13. The molecular formula is C29H41ClN6O4. The van der Waals surface area contributed by atoms with Gasteiger partial charge in [0, 0.05) is 32.4 Å². The average Bonchev–Trinajstić information content (AvgIpc) is 3.88. The fraction of sp³-hybridized carbons (Fsp3) is 0.655. The molecule has 1 unspecified atom stereocenters. The predicted molar refractivity (Wildman–Crippen MR) is 153 cm³/mol. The first-order chi connectivity index (χ1) is 19.4. The van der Waals surface area contributed by atoms with Gasteiger partial charge in [-0.15, -0.1) is 0 Å². The number of carboxylic acids is 1. The molecule has 1 atom stereocenters. The molecule has 0 bridgehead atoms. The molecule has 2 fully saturated rings. The third-order valence-corrected chi connectivity index (χ3v) is 8.54. The van der Waals surface area contributed by atoms with Gasteiger partial charge in [-0.1, -0.05) is 17.7 Å². The van der Waals surface area contributed by atoms with Gasteiger partial charge < -0.3 is 25.4 Å². The number of halogens is 1. The normalized spacial score (nSPS) is 18.2. The van der Waals surface area contributed by atoms with Gasteiger partial charge in [-0.2, -0.15) is 5.10 Å². The van der Waals surface area contributed by atoms with Crippen molar-refractivity contribution in [2.75, 3.05) is 38.1 Å². The van der Waals surface area contributed by atoms with E-state index < -0.39 is 17.4 Å². The Morgan fingerprint density at radius 3 is 2.80 bits per heavy atom. The third-order valence-electron chi connectivity index (χ3n) is 8.26. The summed E-state index contributed by atoms with van der Waals surface area (Å²) in [6, 6.07) is 3.36. The molecule has 5 rings (SSSR count). The second-order valence-corrected chi connectivity index (χ2v) is 11.8. The number of pyridine rings is 1. The number of hydrogen-bond donors (Lipinski definition) is 3. The number of anilines is 1. The van der Waals surface area contributed by atoms with Gasteiger partial charge >= 0.3 is 5.97 Å². The van der Waals surface area contributed by atoms with Crippen molar-refractivity contribution in [3.05, 3.63) is 40.3 Å². The van der Waals surface area contributed by atoms with E-state index >= 15 is 0 Å². The van der Waals surface area contributed by atoms with Crippen LogP contribution in [0.5, 0.6) is 0 Å². The summed E-state index contributed by atoms with van der Waals surface area (Å²) in [5.74, 6) is -0.286. The zero-order chi connectivity index (χ0) is 28.1. The minimum Gasteiger partial charge on any atom is -0.480 e. The van der Waals surface area contributed by atoms with E-state index in [1.54, 1.807) is 11.7 Å². The van der Waals surface area contributed by atoms with Crippen LogP contribution in [0.25, 0.3) is 0 Å². The van der Waals surface area contributed by atoms with E-state index in [-0.39, 0.29) is 5.91 Å². The number of aromatic nitrogens is 3. The Kier molecular flexibility index (Phi) is 9.27. The number of amides is 1. The summed E-state index contributed by atoms with van der Waals surface area (Å²) in [6.07, 6.45) is 10.9. The van der Waals surface area contributed by atoms with Crippen molar-refractivity contribution in [3.8, 4) is 0 Å². The lowest BCUT2D eigenvalue weighted by Crippen LogP contribution is -2.47. The first kappa shape index (κ1) is 28.8. The number of fused-ring (bicyclic) bond motifs is 1. The van der Waals surface area contributed by atoms with Crippen LogP contribution in [0.1, 0.15) is 68.3 Å². The fourth-order valence-corrected chi connectivity index (χ4v) is 5.93. The van der Waals surface area contributed by atoms with Gasteiger partial charge in [-0.25, -0.2) is 9.78 Å². The number of carbonyl (C=O) groups is 2. The summed E-state index contributed by atoms with van der Waals surface area (Å²) >= 11 is 6.32. The first-order valence-corrected chi connectivity index (χ1v) is 15.0. The van der Waals surface area contributed by atoms with Crippen LogP contribution in [-0.4, -0.2) is 81.6 Å². The summed E-state index contributed by atoms with van der Waals surface area (Å²) < 4.78 is 7.50. The van der Waals surface area contributed by atoms with Crippen molar-refractivity contribution >= 4 is 29.3 Å². The molecule has 1 amide bonds. The molecule has 40 heavy (non-hydrogen) atoms. The monoisotopic (exact) mass is 572 g/mol. The predicted octanol–water partition coefficient (Wildman–Crippen LogP) is 3.32. The largest absolute Gasteiger partial charge is 0.480 e. The summed E-state index contributed by atoms with van der Waals surface area (Å²) in [5.41, 5.74) is 2.26. The SMILES string of the molecule is Cn1ncc(Cl)c1C1(C(=O)NC(CCN(CCCCc2ccc3c(n2)NCCC3)CCOC2CC2)C(=O)O)CC1. The molecule has 1 aliphatic heterocycles. The van der Waals surface area contributed by atoms with Crippen molar-refractivity contribution in [2.45, 2.75) is 81.8 Å². The van der Waals surface area contributed by atoms with Gasteiger partial charge in [0.2, 0.25) is 5.91 Å². The van der Waals surface area contributed by atoms with E-state index in [0.29, 0.717) is 49.2 Å². The molecule has 2 aliphatic carbocycles. The second kappa shape index (κ2) is 12.9. The van der Waals surface area contributed by atoms with Gasteiger partial charge in [0.25, 0.3) is 0 Å². The van der Waals surface area contributed by atoms with Crippen LogP contribution in [0.15, 0.2) is 18.3 Å². The molecule has 3 aliphatic rings. The van der Waals surface area contributed by atoms with E-state index in [4.69, 9.17) is 21.3 Å². The van der Waals surface area contributed by atoms with E-state index in [0.717, 1.165) is 76.1 Å². The summed E-state index contributed by atoms with van der Waals surface area (Å²) in [6.45, 7) is 3.76. The fourth-order valence-electron chi connectivity index (χ4n) is 5.58. The van der Waals surface area contributed by atoms with Crippen LogP contribution >= 0.6 is 11.6 Å². The minimum absolute atomic E-state index is 0.291. The van der Waals surface area contributed by atoms with Crippen molar-refractivity contribution in [3.63, 3.8) is 0 Å². The number of nitrogens with one attached hydrogen (secondary N) is 2. The quantitative estimate of drug-likeness (QED) is 0.262. The van der Waals surface area contributed by atoms with Gasteiger partial charge in [-0.05, 0) is 82.4 Å². The first-order valence-electron chi connectivity index (χ1n) is 14.6. The van der Waals surface area contributed by atoms with E-state index in [1.807, 2.05) is 0 Å². The molecular weight excluding hydrogens is 532 g/mol. The highest BCUT2D eigenvalue weighted by Crippen LogP contribution is 2.50. The molecule has 0 aromatic carbocycles. The molecule has 2 aromatic heterocycles. The molecule has 0 spiro atoms. The third kappa shape index (κ3) is 7.14. The Morgan fingerprint density at radius 2 is 2.10 bits per heavy atom. The molecule has 2 saturated carbocycles. The molecule has 11 heteroatoms. The number of hydrogen-bond acceptors (Lipinski definition) is 7. The van der Waals surface area contributed by atoms with Crippen molar-refractivity contribution in [1.29, 1.82) is 0 Å². The van der Waals surface area contributed by atoms with Crippen molar-refractivity contribution < 1.29 is 19.4 Å². The van der Waals surface area contributed by atoms with Crippen LogP contribution in [0.2, 0.25) is 5.02 Å². The summed E-state index contributed by atoms with van der Waals surface area (Å²) in [7, 11) is 1.75. The standard InChI is InChI=1S/C29H41ClN6O4/c1-35-25(23(30)19-32-35)29(12-13-29)28(39)34-24(27(37)38)11-16-36(17-18-40-22-9-10-22)15-3-2-6-21-8-7-20-5-4-14-31-26(20)33-21/h7-8,19,22,24H,2-6,9-18H2,1H3,(H,31,33)(H,34,39)(H,37,38). The molecule has 3 N–H and O–H groups in total. The molecule has 2 aromatic rings. The van der Waals surface area contributed by atoms with Gasteiger partial charge in [0.15, 0.2) is 0 Å². The Hall–Kier alpha value is -2.69. The lowest BCUT2D eigenvalue weighted by molar-refractivity contribution is -0.142. The Labute approximate surface area is 240 Å². The second-order valence-electron chi connectivity index (χ2n) is 11.4. The maximum atomic E-state index is 13.3. The lowest BCUT2D eigenvalue weighted by atomic mass is 10.00. The minimum atomic E-state index is -1.03. The van der Waals surface area contributed by atoms with E-state index in [2.05, 4.69) is 32.8 Å². The molecule has 10 nitrogen and oxygen atoms in total. The molecule has 218 valence electrons. The van der Waals surface area contributed by atoms with Crippen LogP contribution < -0.4 is 10.6 Å². The van der Waals surface area contributed by atoms with Gasteiger partial charge in [0.1, 0.15) is 11.9 Å². The Morgan fingerprint density at radius 1 is 1.27 bits per heavy atom. The molecule has 0 radical (unpaired) electrons. The highest BCUT2D eigenvalue weighted by molar-refractivity contribution is 6.31. The molecule has 0 saturated heterocycles. The summed E-state index contributed by atoms with van der Waals surface area (Å²) in [5, 5.41) is 20.7. The van der Waals surface area contributed by atoms with Crippen molar-refractivity contribution in [2.24, 2.45) is 7.05 Å². The van der Waals surface area contributed by atoms with Crippen LogP contribution in [0.4, 0.5) is 5.82 Å². The highest BCUT2D eigenvalue weighted by atomic mass is 35.5. The number of aliphatic carboxylic acids is 1. The van der Waals surface area contributed by atoms with E-state index in [9.17, 15) is 14.7 Å². The number of ether oxygens (including phenoxy) is 1. The number of nitrogens with zero attached hydrogens (tertiary/aromatic N) is 4. The molecule has 3 heterocycles. The maximum Gasteiger partial charge on any atom is 0.326 e. The number of rotatable bonds is 16. The number of unbranched alkanes of at least 4 members (excludes halogenated alkanes) is 1. The number of aryl methyl sites for hydroxylation is 3. The smallest absolute Gasteiger partial charge is 0.326 e. The van der Waals surface area contributed by atoms with Crippen LogP contribution in [0, 0.1) is 0 Å². The van der Waals surface area contributed by atoms with Gasteiger partial charge in [0.05, 0.1) is 35.0 Å². The lowest BCUT2D eigenvalue weighted by Gasteiger charge is -2.25. The van der Waals surface area contributed by atoms with Crippen LogP contribution in [0.3, 0.4) is 0 Å². The number of carboxylic acid groups (broad SMARTS) is 1. The Bertz CT molecular complexity index is 1180. The average molecular weight is 573 g/mol. The highest BCUT2D eigenvalue weighted by Gasteiger charge is 2.55. The van der Waals surface area contributed by atoms with Crippen LogP contribution in [-0.2, 0) is 39.6 Å². The zero-order valence-corrected chi connectivity index (χ0v) is 24.1.